The first-order valence-corrected chi connectivity index (χ1v) is 5.57. The van der Waals surface area contributed by atoms with Crippen LogP contribution in [0.2, 0.25) is 0 Å². The second kappa shape index (κ2) is 3.97. The zero-order valence-corrected chi connectivity index (χ0v) is 8.64. The molecule has 1 aliphatic carbocycles. The fourth-order valence-corrected chi connectivity index (χ4v) is 2.00. The molecule has 1 heterocycles. The van der Waals surface area contributed by atoms with Gasteiger partial charge in [0.15, 0.2) is 0 Å². The van der Waals surface area contributed by atoms with Crippen LogP contribution in [0.25, 0.3) is 0 Å². The maximum atomic E-state index is 5.76. The molecule has 13 heavy (non-hydrogen) atoms. The Morgan fingerprint density at radius 3 is 2.92 bits per heavy atom. The summed E-state index contributed by atoms with van der Waals surface area (Å²) >= 11 is 0. The van der Waals surface area contributed by atoms with Crippen molar-refractivity contribution in [1.82, 2.24) is 5.32 Å². The first-order chi connectivity index (χ1) is 6.29. The first-order valence-electron chi connectivity index (χ1n) is 5.57. The number of hydrogen-bond donors (Lipinski definition) is 1. The van der Waals surface area contributed by atoms with Gasteiger partial charge in [0.25, 0.3) is 0 Å². The number of hydrogen-bond acceptors (Lipinski definition) is 2. The van der Waals surface area contributed by atoms with Crippen molar-refractivity contribution in [3.8, 4) is 0 Å². The molecule has 0 aromatic rings. The predicted octanol–water partition coefficient (Wildman–Crippen LogP) is 1.80. The molecule has 1 aliphatic heterocycles. The third-order valence-electron chi connectivity index (χ3n) is 3.19. The van der Waals surface area contributed by atoms with Crippen molar-refractivity contribution in [3.63, 3.8) is 0 Å². The highest BCUT2D eigenvalue weighted by molar-refractivity contribution is 4.81. The molecular formula is C11H21NO. The minimum Gasteiger partial charge on any atom is -0.381 e. The molecule has 1 unspecified atom stereocenters. The van der Waals surface area contributed by atoms with Crippen molar-refractivity contribution in [2.45, 2.75) is 32.6 Å². The van der Waals surface area contributed by atoms with E-state index in [4.69, 9.17) is 4.74 Å². The van der Waals surface area contributed by atoms with E-state index in [1.807, 2.05) is 0 Å². The summed E-state index contributed by atoms with van der Waals surface area (Å²) in [6.45, 7) is 6.63. The van der Waals surface area contributed by atoms with E-state index < -0.39 is 0 Å². The Balaban J connectivity index is 1.64. The Bertz CT molecular complexity index is 159. The number of ether oxygens (including phenoxy) is 1. The Kier molecular flexibility index (Phi) is 2.89. The summed E-state index contributed by atoms with van der Waals surface area (Å²) in [5.74, 6) is 0.903. The molecule has 0 aromatic carbocycles. The smallest absolute Gasteiger partial charge is 0.0532 e. The van der Waals surface area contributed by atoms with Gasteiger partial charge in [-0.3, -0.25) is 0 Å². The van der Waals surface area contributed by atoms with Gasteiger partial charge < -0.3 is 10.1 Å². The summed E-state index contributed by atoms with van der Waals surface area (Å²) in [5, 5.41) is 3.45. The molecule has 76 valence electrons. The zero-order chi connectivity index (χ0) is 9.15. The van der Waals surface area contributed by atoms with Gasteiger partial charge in [-0.05, 0) is 38.1 Å². The van der Waals surface area contributed by atoms with E-state index in [0.717, 1.165) is 25.7 Å². The minimum atomic E-state index is 0.410. The van der Waals surface area contributed by atoms with Crippen molar-refractivity contribution in [2.24, 2.45) is 11.3 Å². The van der Waals surface area contributed by atoms with Crippen molar-refractivity contribution in [3.05, 3.63) is 0 Å². The Morgan fingerprint density at radius 2 is 2.31 bits per heavy atom. The highest BCUT2D eigenvalue weighted by Gasteiger charge is 2.28. The monoisotopic (exact) mass is 183 g/mol. The Morgan fingerprint density at radius 1 is 1.46 bits per heavy atom. The molecular weight excluding hydrogens is 162 g/mol. The second-order valence-corrected chi connectivity index (χ2v) is 5.05. The summed E-state index contributed by atoms with van der Waals surface area (Å²) in [6.07, 6.45) is 5.43. The zero-order valence-electron chi connectivity index (χ0n) is 8.64. The lowest BCUT2D eigenvalue weighted by atomic mass is 9.84. The van der Waals surface area contributed by atoms with E-state index in [-0.39, 0.29) is 0 Å². The SMILES string of the molecule is CC1(COCC2CC2)CCCNC1. The number of piperidine rings is 1. The standard InChI is InChI=1S/C11H21NO/c1-11(5-2-6-12-8-11)9-13-7-10-3-4-10/h10,12H,2-9H2,1H3. The van der Waals surface area contributed by atoms with Gasteiger partial charge in [0.2, 0.25) is 0 Å². The predicted molar refractivity (Wildman–Crippen MR) is 53.8 cm³/mol. The van der Waals surface area contributed by atoms with E-state index in [1.54, 1.807) is 0 Å². The summed E-state index contributed by atoms with van der Waals surface area (Å²) in [5.41, 5.74) is 0.410. The maximum Gasteiger partial charge on any atom is 0.0532 e. The second-order valence-electron chi connectivity index (χ2n) is 5.05. The van der Waals surface area contributed by atoms with E-state index in [0.29, 0.717) is 5.41 Å². The van der Waals surface area contributed by atoms with E-state index in [2.05, 4.69) is 12.2 Å². The maximum absolute atomic E-state index is 5.76. The van der Waals surface area contributed by atoms with E-state index >= 15 is 0 Å². The molecule has 0 aromatic heterocycles. The molecule has 0 bridgehead atoms. The van der Waals surface area contributed by atoms with Crippen LogP contribution in [-0.2, 0) is 4.74 Å². The van der Waals surface area contributed by atoms with Gasteiger partial charge in [-0.2, -0.15) is 0 Å². The topological polar surface area (TPSA) is 21.3 Å². The van der Waals surface area contributed by atoms with Crippen molar-refractivity contribution >= 4 is 0 Å². The molecule has 2 rings (SSSR count). The van der Waals surface area contributed by atoms with Crippen LogP contribution in [0.15, 0.2) is 0 Å². The molecule has 2 aliphatic rings. The molecule has 1 saturated heterocycles. The highest BCUT2D eigenvalue weighted by atomic mass is 16.5. The van der Waals surface area contributed by atoms with Crippen molar-refractivity contribution in [1.29, 1.82) is 0 Å². The first kappa shape index (κ1) is 9.47. The molecule has 2 nitrogen and oxygen atoms in total. The highest BCUT2D eigenvalue weighted by Crippen LogP contribution is 2.31. The molecule has 1 N–H and O–H groups in total. The molecule has 0 amide bonds. The Labute approximate surface area is 81.0 Å². The van der Waals surface area contributed by atoms with Gasteiger partial charge in [-0.15, -0.1) is 0 Å². The van der Waals surface area contributed by atoms with Crippen LogP contribution >= 0.6 is 0 Å². The molecule has 2 fully saturated rings. The average molecular weight is 183 g/mol. The third-order valence-corrected chi connectivity index (χ3v) is 3.19. The van der Waals surface area contributed by atoms with Gasteiger partial charge in [-0.25, -0.2) is 0 Å². The third kappa shape index (κ3) is 2.96. The van der Waals surface area contributed by atoms with Crippen LogP contribution in [-0.4, -0.2) is 26.3 Å². The summed E-state index contributed by atoms with van der Waals surface area (Å²) in [6, 6.07) is 0. The van der Waals surface area contributed by atoms with Gasteiger partial charge in [-0.1, -0.05) is 6.92 Å². The molecule has 2 heteroatoms. The van der Waals surface area contributed by atoms with E-state index in [9.17, 15) is 0 Å². The average Bonchev–Trinajstić information content (AvgIpc) is 2.89. The largest absolute Gasteiger partial charge is 0.381 e. The lowest BCUT2D eigenvalue weighted by Gasteiger charge is -2.33. The fraction of sp³-hybridized carbons (Fsp3) is 1.00. The fourth-order valence-electron chi connectivity index (χ4n) is 2.00. The lowest BCUT2D eigenvalue weighted by molar-refractivity contribution is 0.0336. The van der Waals surface area contributed by atoms with Crippen LogP contribution in [0.4, 0.5) is 0 Å². The van der Waals surface area contributed by atoms with Gasteiger partial charge >= 0.3 is 0 Å². The summed E-state index contributed by atoms with van der Waals surface area (Å²) < 4.78 is 5.76. The molecule has 1 saturated carbocycles. The molecule has 0 spiro atoms. The lowest BCUT2D eigenvalue weighted by Crippen LogP contribution is -2.41. The van der Waals surface area contributed by atoms with Crippen LogP contribution in [0.5, 0.6) is 0 Å². The summed E-state index contributed by atoms with van der Waals surface area (Å²) in [7, 11) is 0. The van der Waals surface area contributed by atoms with Gasteiger partial charge in [0, 0.05) is 18.6 Å². The van der Waals surface area contributed by atoms with E-state index in [1.165, 1.54) is 32.2 Å². The van der Waals surface area contributed by atoms with Gasteiger partial charge in [0.05, 0.1) is 6.61 Å². The van der Waals surface area contributed by atoms with Crippen LogP contribution < -0.4 is 5.32 Å². The minimum absolute atomic E-state index is 0.410. The van der Waals surface area contributed by atoms with Crippen LogP contribution in [0.3, 0.4) is 0 Å². The quantitative estimate of drug-likeness (QED) is 0.717. The normalized spacial score (nSPS) is 34.8. The summed E-state index contributed by atoms with van der Waals surface area (Å²) in [4.78, 5) is 0. The van der Waals surface area contributed by atoms with Crippen molar-refractivity contribution in [2.75, 3.05) is 26.3 Å². The number of rotatable bonds is 4. The molecule has 0 radical (unpaired) electrons. The number of nitrogens with one attached hydrogen (secondary N) is 1. The molecule has 1 atom stereocenters. The van der Waals surface area contributed by atoms with Gasteiger partial charge in [0.1, 0.15) is 0 Å². The van der Waals surface area contributed by atoms with Crippen molar-refractivity contribution < 1.29 is 4.74 Å². The Hall–Kier alpha value is -0.0800. The van der Waals surface area contributed by atoms with Crippen LogP contribution in [0.1, 0.15) is 32.6 Å². The van der Waals surface area contributed by atoms with Crippen LogP contribution in [0, 0.1) is 11.3 Å².